The summed E-state index contributed by atoms with van der Waals surface area (Å²) in [5, 5.41) is 3.14. The van der Waals surface area contributed by atoms with Crippen LogP contribution >= 0.6 is 0 Å². The molecule has 1 nitrogen and oxygen atoms in total. The van der Waals surface area contributed by atoms with E-state index in [9.17, 15) is 0 Å². The molecule has 0 atom stereocenters. The van der Waals surface area contributed by atoms with Crippen LogP contribution in [0.2, 0.25) is 0 Å². The third-order valence-corrected chi connectivity index (χ3v) is 3.65. The Kier molecular flexibility index (Phi) is 5.39. The van der Waals surface area contributed by atoms with E-state index in [1.54, 1.807) is 0 Å². The van der Waals surface area contributed by atoms with Crippen molar-refractivity contribution < 1.29 is 0 Å². The van der Waals surface area contributed by atoms with E-state index in [0.717, 1.165) is 6.42 Å². The zero-order valence-corrected chi connectivity index (χ0v) is 13.1. The largest absolute Gasteiger partial charge is 0.393 e. The van der Waals surface area contributed by atoms with E-state index >= 15 is 0 Å². The molecule has 0 unspecified atom stereocenters. The maximum atomic E-state index is 3.14. The van der Waals surface area contributed by atoms with E-state index < -0.39 is 0 Å². The van der Waals surface area contributed by atoms with Gasteiger partial charge in [0.25, 0.3) is 0 Å². The standard InChI is InChI=1S/C20H23N/c1-16-9-4-6-11-18(16)12-8-13-19(15-21-3)20-14-7-5-10-17(20)2/h4-11,13-15,21H,12H2,1-3H3/b13-8-,19-15+. The van der Waals surface area contributed by atoms with Gasteiger partial charge >= 0.3 is 0 Å². The molecule has 0 fully saturated rings. The number of rotatable bonds is 5. The van der Waals surface area contributed by atoms with Gasteiger partial charge in [-0.2, -0.15) is 0 Å². The Morgan fingerprint density at radius 2 is 1.62 bits per heavy atom. The number of hydrogen-bond acceptors (Lipinski definition) is 1. The maximum Gasteiger partial charge on any atom is 0.00412 e. The molecule has 0 bridgehead atoms. The summed E-state index contributed by atoms with van der Waals surface area (Å²) < 4.78 is 0. The van der Waals surface area contributed by atoms with Crippen molar-refractivity contribution in [2.24, 2.45) is 0 Å². The monoisotopic (exact) mass is 277 g/mol. The van der Waals surface area contributed by atoms with E-state index in [0.29, 0.717) is 0 Å². The highest BCUT2D eigenvalue weighted by molar-refractivity contribution is 5.75. The van der Waals surface area contributed by atoms with Gasteiger partial charge in [-0.05, 0) is 48.1 Å². The van der Waals surface area contributed by atoms with Crippen molar-refractivity contribution in [1.29, 1.82) is 0 Å². The molecular weight excluding hydrogens is 254 g/mol. The predicted octanol–water partition coefficient (Wildman–Crippen LogP) is 4.66. The number of aryl methyl sites for hydroxylation is 2. The molecule has 1 heteroatoms. The third kappa shape index (κ3) is 4.09. The maximum absolute atomic E-state index is 3.14. The van der Waals surface area contributed by atoms with Crippen LogP contribution in [0.1, 0.15) is 22.3 Å². The van der Waals surface area contributed by atoms with Crippen LogP contribution in [0.4, 0.5) is 0 Å². The number of allylic oxidation sites excluding steroid dienone is 3. The molecule has 0 aliphatic rings. The second-order valence-electron chi connectivity index (χ2n) is 5.24. The Hall–Kier alpha value is -2.28. The topological polar surface area (TPSA) is 12.0 Å². The molecule has 1 N–H and O–H groups in total. The zero-order chi connectivity index (χ0) is 15.1. The summed E-state index contributed by atoms with van der Waals surface area (Å²) >= 11 is 0. The molecule has 2 rings (SSSR count). The van der Waals surface area contributed by atoms with Gasteiger partial charge in [-0.1, -0.05) is 60.7 Å². The Morgan fingerprint density at radius 1 is 0.952 bits per heavy atom. The first kappa shape index (κ1) is 15.1. The highest BCUT2D eigenvalue weighted by Gasteiger charge is 2.01. The summed E-state index contributed by atoms with van der Waals surface area (Å²) in [6, 6.07) is 17.0. The molecule has 0 aromatic heterocycles. The van der Waals surface area contributed by atoms with Crippen LogP contribution in [0.15, 0.2) is 66.9 Å². The van der Waals surface area contributed by atoms with Crippen molar-refractivity contribution in [3.05, 3.63) is 89.1 Å². The van der Waals surface area contributed by atoms with Crippen molar-refractivity contribution >= 4 is 5.57 Å². The molecule has 108 valence electrons. The molecule has 0 saturated heterocycles. The molecule has 2 aromatic carbocycles. The number of hydrogen-bond donors (Lipinski definition) is 1. The minimum absolute atomic E-state index is 0.958. The van der Waals surface area contributed by atoms with Gasteiger partial charge in [0, 0.05) is 13.2 Å². The summed E-state index contributed by atoms with van der Waals surface area (Å²) in [7, 11) is 1.94. The molecule has 0 radical (unpaired) electrons. The molecule has 0 spiro atoms. The Labute approximate surface area is 128 Å². The lowest BCUT2D eigenvalue weighted by Crippen LogP contribution is -1.96. The number of nitrogens with one attached hydrogen (secondary N) is 1. The minimum Gasteiger partial charge on any atom is -0.393 e. The van der Waals surface area contributed by atoms with E-state index in [1.807, 2.05) is 7.05 Å². The average Bonchev–Trinajstić information content (AvgIpc) is 2.49. The van der Waals surface area contributed by atoms with Crippen molar-refractivity contribution in [3.63, 3.8) is 0 Å². The quantitative estimate of drug-likeness (QED) is 0.784. The van der Waals surface area contributed by atoms with Gasteiger partial charge in [-0.15, -0.1) is 0 Å². The lowest BCUT2D eigenvalue weighted by atomic mass is 9.99. The van der Waals surface area contributed by atoms with Crippen LogP contribution in [0.25, 0.3) is 5.57 Å². The highest BCUT2D eigenvalue weighted by atomic mass is 14.8. The molecule has 0 aliphatic heterocycles. The van der Waals surface area contributed by atoms with Crippen LogP contribution < -0.4 is 5.32 Å². The first-order valence-electron chi connectivity index (χ1n) is 7.37. The molecular formula is C20H23N. The predicted molar refractivity (Wildman–Crippen MR) is 92.2 cm³/mol. The zero-order valence-electron chi connectivity index (χ0n) is 13.1. The Balaban J connectivity index is 2.18. The molecule has 0 amide bonds. The van der Waals surface area contributed by atoms with Crippen molar-refractivity contribution in [2.45, 2.75) is 20.3 Å². The van der Waals surface area contributed by atoms with Gasteiger partial charge < -0.3 is 5.32 Å². The van der Waals surface area contributed by atoms with Gasteiger partial charge in [0.2, 0.25) is 0 Å². The smallest absolute Gasteiger partial charge is 0.00412 e. The number of benzene rings is 2. The van der Waals surface area contributed by atoms with Crippen molar-refractivity contribution in [1.82, 2.24) is 5.32 Å². The molecule has 0 saturated carbocycles. The van der Waals surface area contributed by atoms with Crippen LogP contribution in [0, 0.1) is 13.8 Å². The van der Waals surface area contributed by atoms with Gasteiger partial charge in [-0.3, -0.25) is 0 Å². The lowest BCUT2D eigenvalue weighted by molar-refractivity contribution is 1.10. The van der Waals surface area contributed by atoms with E-state index in [2.05, 4.69) is 86.0 Å². The fraction of sp³-hybridized carbons (Fsp3) is 0.200. The molecule has 21 heavy (non-hydrogen) atoms. The average molecular weight is 277 g/mol. The van der Waals surface area contributed by atoms with Crippen molar-refractivity contribution in [3.8, 4) is 0 Å². The minimum atomic E-state index is 0.958. The van der Waals surface area contributed by atoms with Gasteiger partial charge in [-0.25, -0.2) is 0 Å². The molecule has 2 aromatic rings. The van der Waals surface area contributed by atoms with Crippen LogP contribution in [0.3, 0.4) is 0 Å². The summed E-state index contributed by atoms with van der Waals surface area (Å²) in [6.07, 6.45) is 7.44. The van der Waals surface area contributed by atoms with E-state index in [-0.39, 0.29) is 0 Å². The summed E-state index contributed by atoms with van der Waals surface area (Å²) in [5.74, 6) is 0. The molecule has 0 heterocycles. The second kappa shape index (κ2) is 7.49. The first-order valence-corrected chi connectivity index (χ1v) is 7.37. The van der Waals surface area contributed by atoms with Gasteiger partial charge in [0.1, 0.15) is 0 Å². The molecule has 0 aliphatic carbocycles. The fourth-order valence-corrected chi connectivity index (χ4v) is 2.42. The van der Waals surface area contributed by atoms with Gasteiger partial charge in [0.05, 0.1) is 0 Å². The third-order valence-electron chi connectivity index (χ3n) is 3.65. The van der Waals surface area contributed by atoms with Gasteiger partial charge in [0.15, 0.2) is 0 Å². The van der Waals surface area contributed by atoms with Crippen LogP contribution in [-0.2, 0) is 6.42 Å². The Bertz CT molecular complexity index is 650. The summed E-state index contributed by atoms with van der Waals surface area (Å²) in [4.78, 5) is 0. The fourth-order valence-electron chi connectivity index (χ4n) is 2.42. The Morgan fingerprint density at radius 3 is 2.29 bits per heavy atom. The van der Waals surface area contributed by atoms with Crippen LogP contribution in [0.5, 0.6) is 0 Å². The first-order chi connectivity index (χ1) is 10.2. The van der Waals surface area contributed by atoms with E-state index in [1.165, 1.54) is 27.8 Å². The van der Waals surface area contributed by atoms with Crippen molar-refractivity contribution in [2.75, 3.05) is 7.05 Å². The second-order valence-corrected chi connectivity index (χ2v) is 5.24. The normalized spacial score (nSPS) is 11.9. The van der Waals surface area contributed by atoms with Crippen LogP contribution in [-0.4, -0.2) is 7.05 Å². The summed E-state index contributed by atoms with van der Waals surface area (Å²) in [6.45, 7) is 4.31. The van der Waals surface area contributed by atoms with E-state index in [4.69, 9.17) is 0 Å². The summed E-state index contributed by atoms with van der Waals surface area (Å²) in [5.41, 5.74) is 6.50. The lowest BCUT2D eigenvalue weighted by Gasteiger charge is -2.07. The highest BCUT2D eigenvalue weighted by Crippen LogP contribution is 2.20. The SMILES string of the molecule is CN/C=C(\C=C/Cc1ccccc1C)c1ccccc1C.